The number of rotatable bonds is 9. The van der Waals surface area contributed by atoms with E-state index in [-0.39, 0.29) is 26.1 Å². The fraction of sp³-hybridized carbons (Fsp3) is 0.375. The second-order valence-corrected chi connectivity index (χ2v) is 4.48. The Morgan fingerprint density at radius 2 is 1.95 bits per heavy atom. The van der Waals surface area contributed by atoms with Gasteiger partial charge < -0.3 is 19.3 Å². The molecular formula is C16H20O6. The van der Waals surface area contributed by atoms with Crippen LogP contribution in [0, 0.1) is 0 Å². The zero-order chi connectivity index (χ0) is 16.4. The molecule has 0 saturated carbocycles. The molecule has 0 fully saturated rings. The molecule has 1 rings (SSSR count). The van der Waals surface area contributed by atoms with Gasteiger partial charge in [-0.2, -0.15) is 0 Å². The third-order valence-electron chi connectivity index (χ3n) is 2.80. The van der Waals surface area contributed by atoms with Crippen LogP contribution in [0.2, 0.25) is 0 Å². The van der Waals surface area contributed by atoms with Gasteiger partial charge in [-0.25, -0.2) is 4.79 Å². The number of ether oxygens (including phenoxy) is 3. The first-order chi connectivity index (χ1) is 10.6. The van der Waals surface area contributed by atoms with Crippen LogP contribution in [0.5, 0.6) is 5.75 Å². The van der Waals surface area contributed by atoms with Crippen LogP contribution < -0.4 is 4.74 Å². The number of aliphatic hydroxyl groups is 1. The van der Waals surface area contributed by atoms with Gasteiger partial charge in [0.25, 0.3) is 0 Å². The minimum absolute atomic E-state index is 0.0256. The lowest BCUT2D eigenvalue weighted by Gasteiger charge is -2.09. The lowest BCUT2D eigenvalue weighted by molar-refractivity contribution is -0.153. The number of hydrogen-bond donors (Lipinski definition) is 1. The molecule has 1 atom stereocenters. The van der Waals surface area contributed by atoms with Gasteiger partial charge in [0.15, 0.2) is 6.10 Å². The van der Waals surface area contributed by atoms with Crippen LogP contribution in [0.15, 0.2) is 36.9 Å². The maximum absolute atomic E-state index is 11.6. The molecule has 120 valence electrons. The quantitative estimate of drug-likeness (QED) is 0.551. The van der Waals surface area contributed by atoms with Crippen LogP contribution in [0.1, 0.15) is 18.4 Å². The summed E-state index contributed by atoms with van der Waals surface area (Å²) in [4.78, 5) is 22.8. The van der Waals surface area contributed by atoms with Crippen molar-refractivity contribution < 1.29 is 28.9 Å². The van der Waals surface area contributed by atoms with Gasteiger partial charge in [-0.3, -0.25) is 4.79 Å². The van der Waals surface area contributed by atoms with Crippen molar-refractivity contribution in [2.24, 2.45) is 0 Å². The Morgan fingerprint density at radius 1 is 1.27 bits per heavy atom. The Bertz CT molecular complexity index is 494. The molecule has 1 N–H and O–H groups in total. The summed E-state index contributed by atoms with van der Waals surface area (Å²) in [5.74, 6) is -0.550. The van der Waals surface area contributed by atoms with Crippen LogP contribution in [0.4, 0.5) is 0 Å². The number of esters is 2. The van der Waals surface area contributed by atoms with Crippen LogP contribution in [-0.4, -0.2) is 36.9 Å². The maximum Gasteiger partial charge on any atom is 0.335 e. The number of hydrogen-bond acceptors (Lipinski definition) is 6. The Labute approximate surface area is 129 Å². The molecule has 0 aromatic heterocycles. The first-order valence-corrected chi connectivity index (χ1v) is 6.81. The zero-order valence-electron chi connectivity index (χ0n) is 12.5. The van der Waals surface area contributed by atoms with Crippen molar-refractivity contribution in [2.75, 3.05) is 13.7 Å². The molecule has 0 radical (unpaired) electrons. The van der Waals surface area contributed by atoms with Crippen LogP contribution in [0.25, 0.3) is 0 Å². The fourth-order valence-corrected chi connectivity index (χ4v) is 1.57. The van der Waals surface area contributed by atoms with E-state index in [1.165, 1.54) is 6.08 Å². The summed E-state index contributed by atoms with van der Waals surface area (Å²) in [7, 11) is 1.57. The minimum atomic E-state index is -1.34. The first-order valence-electron chi connectivity index (χ1n) is 6.81. The van der Waals surface area contributed by atoms with Gasteiger partial charge in [-0.05, 0) is 24.1 Å². The fourth-order valence-electron chi connectivity index (χ4n) is 1.57. The number of aliphatic hydroxyl groups excluding tert-OH is 1. The maximum atomic E-state index is 11.6. The second-order valence-electron chi connectivity index (χ2n) is 4.48. The molecule has 1 aromatic carbocycles. The standard InChI is InChI=1S/C16H20O6/c1-3-10-21-16(19)14(17)8-9-15(18)22-11-12-4-6-13(20-2)7-5-12/h3-7,14,17H,1,8-11H2,2H3. The minimum Gasteiger partial charge on any atom is -0.497 e. The smallest absolute Gasteiger partial charge is 0.335 e. The van der Waals surface area contributed by atoms with Gasteiger partial charge in [-0.1, -0.05) is 24.8 Å². The van der Waals surface area contributed by atoms with E-state index in [0.717, 1.165) is 11.3 Å². The van der Waals surface area contributed by atoms with Crippen molar-refractivity contribution in [1.29, 1.82) is 0 Å². The lowest BCUT2D eigenvalue weighted by atomic mass is 10.2. The summed E-state index contributed by atoms with van der Waals surface area (Å²) >= 11 is 0. The van der Waals surface area contributed by atoms with Crippen molar-refractivity contribution in [3.63, 3.8) is 0 Å². The summed E-state index contributed by atoms with van der Waals surface area (Å²) in [6.45, 7) is 3.54. The van der Waals surface area contributed by atoms with Crippen molar-refractivity contribution in [3.05, 3.63) is 42.5 Å². The van der Waals surface area contributed by atoms with Crippen molar-refractivity contribution in [1.82, 2.24) is 0 Å². The average molecular weight is 308 g/mol. The highest BCUT2D eigenvalue weighted by Crippen LogP contribution is 2.12. The van der Waals surface area contributed by atoms with E-state index in [1.807, 2.05) is 0 Å². The van der Waals surface area contributed by atoms with E-state index >= 15 is 0 Å². The average Bonchev–Trinajstić information content (AvgIpc) is 2.55. The lowest BCUT2D eigenvalue weighted by Crippen LogP contribution is -2.24. The highest BCUT2D eigenvalue weighted by Gasteiger charge is 2.18. The van der Waals surface area contributed by atoms with Crippen LogP contribution >= 0.6 is 0 Å². The molecule has 0 aliphatic heterocycles. The molecule has 6 heteroatoms. The van der Waals surface area contributed by atoms with Crippen LogP contribution in [-0.2, 0) is 25.7 Å². The number of carbonyl (C=O) groups excluding carboxylic acids is 2. The van der Waals surface area contributed by atoms with Crippen molar-refractivity contribution in [2.45, 2.75) is 25.6 Å². The van der Waals surface area contributed by atoms with Gasteiger partial charge in [0.05, 0.1) is 7.11 Å². The highest BCUT2D eigenvalue weighted by atomic mass is 16.5. The van der Waals surface area contributed by atoms with Gasteiger partial charge in [0.2, 0.25) is 0 Å². The molecule has 0 amide bonds. The van der Waals surface area contributed by atoms with E-state index in [9.17, 15) is 14.7 Å². The Balaban J connectivity index is 2.27. The molecule has 22 heavy (non-hydrogen) atoms. The highest BCUT2D eigenvalue weighted by molar-refractivity contribution is 5.76. The normalized spacial score (nSPS) is 11.4. The molecule has 0 spiro atoms. The summed E-state index contributed by atoms with van der Waals surface area (Å²) in [6, 6.07) is 7.10. The number of methoxy groups -OCH3 is 1. The molecule has 1 aromatic rings. The van der Waals surface area contributed by atoms with E-state index in [1.54, 1.807) is 31.4 Å². The van der Waals surface area contributed by atoms with E-state index in [0.29, 0.717) is 0 Å². The van der Waals surface area contributed by atoms with Gasteiger partial charge in [0, 0.05) is 6.42 Å². The van der Waals surface area contributed by atoms with Gasteiger partial charge in [0.1, 0.15) is 19.0 Å². The molecule has 0 heterocycles. The Morgan fingerprint density at radius 3 is 2.55 bits per heavy atom. The van der Waals surface area contributed by atoms with Gasteiger partial charge >= 0.3 is 11.9 Å². The summed E-state index contributed by atoms with van der Waals surface area (Å²) in [5.41, 5.74) is 0.820. The largest absolute Gasteiger partial charge is 0.497 e. The predicted octanol–water partition coefficient (Wildman–Crippen LogP) is 1.61. The van der Waals surface area contributed by atoms with E-state index in [4.69, 9.17) is 9.47 Å². The van der Waals surface area contributed by atoms with E-state index in [2.05, 4.69) is 11.3 Å². The summed E-state index contributed by atoms with van der Waals surface area (Å²) in [5, 5.41) is 9.51. The number of carbonyl (C=O) groups is 2. The SMILES string of the molecule is C=CCOC(=O)C(O)CCC(=O)OCc1ccc(OC)cc1. The number of benzene rings is 1. The zero-order valence-corrected chi connectivity index (χ0v) is 12.5. The summed E-state index contributed by atoms with van der Waals surface area (Å²) < 4.78 is 14.7. The molecule has 0 saturated heterocycles. The monoisotopic (exact) mass is 308 g/mol. The molecule has 0 aliphatic carbocycles. The van der Waals surface area contributed by atoms with E-state index < -0.39 is 18.0 Å². The summed E-state index contributed by atoms with van der Waals surface area (Å²) in [6.07, 6.45) is -0.0560. The topological polar surface area (TPSA) is 82.1 Å². The predicted molar refractivity (Wildman–Crippen MR) is 79.2 cm³/mol. The van der Waals surface area contributed by atoms with Crippen molar-refractivity contribution >= 4 is 11.9 Å². The Kier molecular flexibility index (Phi) is 7.70. The first kappa shape index (κ1) is 17.7. The second kappa shape index (κ2) is 9.57. The molecular weight excluding hydrogens is 288 g/mol. The van der Waals surface area contributed by atoms with Crippen LogP contribution in [0.3, 0.4) is 0 Å². The molecule has 0 bridgehead atoms. The molecule has 6 nitrogen and oxygen atoms in total. The Hall–Kier alpha value is -2.34. The third-order valence-corrected chi connectivity index (χ3v) is 2.80. The molecule has 0 aliphatic rings. The molecule has 1 unspecified atom stereocenters. The third kappa shape index (κ3) is 6.41. The van der Waals surface area contributed by atoms with Gasteiger partial charge in [-0.15, -0.1) is 0 Å². The van der Waals surface area contributed by atoms with Crippen molar-refractivity contribution in [3.8, 4) is 5.75 Å².